The zero-order valence-corrected chi connectivity index (χ0v) is 11.6. The second kappa shape index (κ2) is 5.05. The number of benzene rings is 1. The van der Waals surface area contributed by atoms with Gasteiger partial charge in [0.2, 0.25) is 0 Å². The minimum absolute atomic E-state index is 0.196. The molecule has 0 radical (unpaired) electrons. The highest BCUT2D eigenvalue weighted by Gasteiger charge is 2.31. The third-order valence-corrected chi connectivity index (χ3v) is 4.83. The number of hydrogen-bond donors (Lipinski definition) is 0. The monoisotopic (exact) mass is 304 g/mol. The second-order valence-corrected chi connectivity index (χ2v) is 6.08. The lowest BCUT2D eigenvalue weighted by atomic mass is 9.91. The van der Waals surface area contributed by atoms with Crippen molar-refractivity contribution in [2.45, 2.75) is 31.6 Å². The minimum atomic E-state index is -0.196. The van der Waals surface area contributed by atoms with E-state index in [1.54, 1.807) is 0 Å². The summed E-state index contributed by atoms with van der Waals surface area (Å²) in [6, 6.07) is 5.27. The van der Waals surface area contributed by atoms with Crippen LogP contribution in [-0.2, 0) is 6.42 Å². The molecule has 1 aromatic rings. The van der Waals surface area contributed by atoms with E-state index < -0.39 is 0 Å². The molecular weight excluding hydrogens is 290 g/mol. The second-order valence-electron chi connectivity index (χ2n) is 4.67. The highest BCUT2D eigenvalue weighted by Crippen LogP contribution is 2.37. The van der Waals surface area contributed by atoms with Gasteiger partial charge in [-0.25, -0.2) is 4.39 Å². The van der Waals surface area contributed by atoms with Gasteiger partial charge in [-0.3, -0.25) is 0 Å². The van der Waals surface area contributed by atoms with Gasteiger partial charge in [0.1, 0.15) is 5.82 Å². The van der Waals surface area contributed by atoms with Gasteiger partial charge in [-0.1, -0.05) is 13.0 Å². The van der Waals surface area contributed by atoms with Gasteiger partial charge < -0.3 is 0 Å². The van der Waals surface area contributed by atoms with Gasteiger partial charge in [-0.2, -0.15) is 0 Å². The normalized spacial score (nSPS) is 29.6. The standard InChI is InChI=1S/C13H15BrClF/c1-8-10(3-4-12(8)15)6-9-2-5-13(16)11(14)7-9/h2,5,7-8,10,12H,3-4,6H2,1H3. The molecule has 1 saturated carbocycles. The largest absolute Gasteiger partial charge is 0.206 e. The molecule has 1 aliphatic rings. The molecule has 3 heteroatoms. The Morgan fingerprint density at radius 3 is 2.75 bits per heavy atom. The Kier molecular flexibility index (Phi) is 3.91. The first-order valence-corrected chi connectivity index (χ1v) is 6.89. The van der Waals surface area contributed by atoms with Crippen molar-refractivity contribution in [3.05, 3.63) is 34.1 Å². The molecule has 0 aliphatic heterocycles. The van der Waals surface area contributed by atoms with E-state index in [0.717, 1.165) is 12.8 Å². The quantitative estimate of drug-likeness (QED) is 0.690. The van der Waals surface area contributed by atoms with Gasteiger partial charge in [0, 0.05) is 5.38 Å². The Morgan fingerprint density at radius 1 is 1.44 bits per heavy atom. The van der Waals surface area contributed by atoms with Crippen molar-refractivity contribution < 1.29 is 4.39 Å². The summed E-state index contributed by atoms with van der Waals surface area (Å²) in [7, 11) is 0. The van der Waals surface area contributed by atoms with Crippen LogP contribution in [0.3, 0.4) is 0 Å². The molecule has 1 aromatic carbocycles. The summed E-state index contributed by atoms with van der Waals surface area (Å²) in [5.41, 5.74) is 1.19. The van der Waals surface area contributed by atoms with Gasteiger partial charge in [-0.05, 0) is 64.7 Å². The maximum atomic E-state index is 13.1. The molecule has 0 nitrogen and oxygen atoms in total. The Bertz CT molecular complexity index is 380. The van der Waals surface area contributed by atoms with Crippen LogP contribution >= 0.6 is 27.5 Å². The van der Waals surface area contributed by atoms with E-state index in [0.29, 0.717) is 21.7 Å². The average molecular weight is 306 g/mol. The lowest BCUT2D eigenvalue weighted by Crippen LogP contribution is -2.13. The molecule has 0 saturated heterocycles. The van der Waals surface area contributed by atoms with Gasteiger partial charge in [0.05, 0.1) is 4.47 Å². The highest BCUT2D eigenvalue weighted by atomic mass is 79.9. The van der Waals surface area contributed by atoms with E-state index >= 15 is 0 Å². The van der Waals surface area contributed by atoms with Crippen molar-refractivity contribution in [2.75, 3.05) is 0 Å². The van der Waals surface area contributed by atoms with Crippen LogP contribution in [0.25, 0.3) is 0 Å². The number of halogens is 3. The molecule has 3 atom stereocenters. The lowest BCUT2D eigenvalue weighted by molar-refractivity contribution is 0.419. The Labute approximate surface area is 109 Å². The van der Waals surface area contributed by atoms with E-state index in [4.69, 9.17) is 11.6 Å². The van der Waals surface area contributed by atoms with Crippen LogP contribution < -0.4 is 0 Å². The SMILES string of the molecule is CC1C(Cl)CCC1Cc1ccc(F)c(Br)c1. The van der Waals surface area contributed by atoms with E-state index in [1.807, 2.05) is 12.1 Å². The minimum Gasteiger partial charge on any atom is -0.206 e. The molecule has 0 heterocycles. The summed E-state index contributed by atoms with van der Waals surface area (Å²) in [4.78, 5) is 0. The number of rotatable bonds is 2. The summed E-state index contributed by atoms with van der Waals surface area (Å²) in [6.45, 7) is 2.22. The maximum Gasteiger partial charge on any atom is 0.137 e. The fourth-order valence-electron chi connectivity index (χ4n) is 2.45. The molecule has 0 bridgehead atoms. The van der Waals surface area contributed by atoms with Crippen molar-refractivity contribution in [3.63, 3.8) is 0 Å². The van der Waals surface area contributed by atoms with Crippen LogP contribution in [0.1, 0.15) is 25.3 Å². The topological polar surface area (TPSA) is 0 Å². The van der Waals surface area contributed by atoms with Crippen molar-refractivity contribution in [2.24, 2.45) is 11.8 Å². The average Bonchev–Trinajstić information content (AvgIpc) is 2.55. The molecular formula is C13H15BrClF. The molecule has 0 N–H and O–H groups in total. The van der Waals surface area contributed by atoms with Gasteiger partial charge in [-0.15, -0.1) is 11.6 Å². The smallest absolute Gasteiger partial charge is 0.137 e. The number of alkyl halides is 1. The van der Waals surface area contributed by atoms with E-state index in [9.17, 15) is 4.39 Å². The van der Waals surface area contributed by atoms with Crippen LogP contribution in [0, 0.1) is 17.7 Å². The van der Waals surface area contributed by atoms with Crippen LogP contribution in [0.5, 0.6) is 0 Å². The van der Waals surface area contributed by atoms with E-state index in [-0.39, 0.29) is 5.82 Å². The Hall–Kier alpha value is -0.0800. The molecule has 1 aliphatic carbocycles. The first kappa shape index (κ1) is 12.4. The molecule has 0 spiro atoms. The molecule has 16 heavy (non-hydrogen) atoms. The first-order valence-electron chi connectivity index (χ1n) is 5.66. The molecule has 1 fully saturated rings. The molecule has 3 unspecified atom stereocenters. The van der Waals surface area contributed by atoms with Crippen molar-refractivity contribution in [1.29, 1.82) is 0 Å². The third kappa shape index (κ3) is 2.60. The van der Waals surface area contributed by atoms with Crippen LogP contribution in [0.4, 0.5) is 4.39 Å². The summed E-state index contributed by atoms with van der Waals surface area (Å²) < 4.78 is 13.6. The van der Waals surface area contributed by atoms with Crippen molar-refractivity contribution in [1.82, 2.24) is 0 Å². The van der Waals surface area contributed by atoms with Gasteiger partial charge in [0.25, 0.3) is 0 Å². The zero-order valence-electron chi connectivity index (χ0n) is 9.22. The van der Waals surface area contributed by atoms with Crippen LogP contribution in [0.2, 0.25) is 0 Å². The van der Waals surface area contributed by atoms with Crippen molar-refractivity contribution >= 4 is 27.5 Å². The Balaban J connectivity index is 2.07. The predicted octanol–water partition coefficient (Wildman–Crippen LogP) is 4.78. The molecule has 88 valence electrons. The summed E-state index contributed by atoms with van der Waals surface area (Å²) in [5.74, 6) is 1.00. The first-order chi connectivity index (χ1) is 7.58. The fraction of sp³-hybridized carbons (Fsp3) is 0.538. The Morgan fingerprint density at radius 2 is 2.19 bits per heavy atom. The fourth-order valence-corrected chi connectivity index (χ4v) is 3.21. The lowest BCUT2D eigenvalue weighted by Gasteiger charge is -2.17. The van der Waals surface area contributed by atoms with E-state index in [1.165, 1.54) is 18.1 Å². The molecule has 0 aromatic heterocycles. The highest BCUT2D eigenvalue weighted by molar-refractivity contribution is 9.10. The van der Waals surface area contributed by atoms with Gasteiger partial charge >= 0.3 is 0 Å². The predicted molar refractivity (Wildman–Crippen MR) is 69.3 cm³/mol. The van der Waals surface area contributed by atoms with E-state index in [2.05, 4.69) is 22.9 Å². The zero-order chi connectivity index (χ0) is 11.7. The van der Waals surface area contributed by atoms with Crippen molar-refractivity contribution in [3.8, 4) is 0 Å². The number of hydrogen-bond acceptors (Lipinski definition) is 0. The maximum absolute atomic E-state index is 13.1. The van der Waals surface area contributed by atoms with Crippen LogP contribution in [0.15, 0.2) is 22.7 Å². The molecule has 0 amide bonds. The summed E-state index contributed by atoms with van der Waals surface area (Å²) >= 11 is 9.43. The summed E-state index contributed by atoms with van der Waals surface area (Å²) in [6.07, 6.45) is 3.29. The van der Waals surface area contributed by atoms with Gasteiger partial charge in [0.15, 0.2) is 0 Å². The van der Waals surface area contributed by atoms with Crippen LogP contribution in [-0.4, -0.2) is 5.38 Å². The third-order valence-electron chi connectivity index (χ3n) is 3.61. The summed E-state index contributed by atoms with van der Waals surface area (Å²) in [5, 5.41) is 0.314. The molecule has 2 rings (SSSR count).